The molecule has 2 aliphatic heterocycles. The first-order valence-corrected chi connectivity index (χ1v) is 7.99. The molecule has 0 unspecified atom stereocenters. The van der Waals surface area contributed by atoms with Gasteiger partial charge < -0.3 is 9.57 Å². The van der Waals surface area contributed by atoms with E-state index in [2.05, 4.69) is 0 Å². The maximum absolute atomic E-state index is 12.1. The van der Waals surface area contributed by atoms with Gasteiger partial charge >= 0.3 is 12.1 Å². The molecule has 0 saturated carbocycles. The highest BCUT2D eigenvalue weighted by molar-refractivity contribution is 7.99. The molecule has 2 aliphatic rings. The number of hydrogen-bond donors (Lipinski definition) is 0. The van der Waals surface area contributed by atoms with Crippen LogP contribution in [-0.2, 0) is 24.0 Å². The van der Waals surface area contributed by atoms with Crippen LogP contribution in [-0.4, -0.2) is 57.1 Å². The first kappa shape index (κ1) is 16.6. The second-order valence-corrected chi connectivity index (χ2v) is 6.96. The molecular weight excluding hydrogens is 312 g/mol. The first-order valence-electron chi connectivity index (χ1n) is 6.84. The summed E-state index contributed by atoms with van der Waals surface area (Å²) in [6.07, 6.45) is -0.568. The molecule has 8 nitrogen and oxygen atoms in total. The number of thioether (sulfide) groups is 1. The van der Waals surface area contributed by atoms with Crippen LogP contribution in [0.25, 0.3) is 0 Å². The van der Waals surface area contributed by atoms with Gasteiger partial charge in [0.05, 0.1) is 5.88 Å². The van der Waals surface area contributed by atoms with Gasteiger partial charge in [-0.05, 0) is 20.8 Å². The summed E-state index contributed by atoms with van der Waals surface area (Å²) in [5.74, 6) is -1.29. The Labute approximate surface area is 132 Å². The lowest BCUT2D eigenvalue weighted by Gasteiger charge is -2.27. The number of amides is 3. The molecular formula is C13H18N2O6S. The zero-order valence-electron chi connectivity index (χ0n) is 12.7. The van der Waals surface area contributed by atoms with Gasteiger partial charge in [0.1, 0.15) is 11.6 Å². The lowest BCUT2D eigenvalue weighted by Crippen LogP contribution is -2.47. The van der Waals surface area contributed by atoms with Gasteiger partial charge in [0.2, 0.25) is 0 Å². The van der Waals surface area contributed by atoms with Crippen LogP contribution < -0.4 is 0 Å². The van der Waals surface area contributed by atoms with Gasteiger partial charge in [-0.25, -0.2) is 9.59 Å². The fourth-order valence-corrected chi connectivity index (χ4v) is 3.07. The van der Waals surface area contributed by atoms with Crippen molar-refractivity contribution in [2.45, 2.75) is 45.3 Å². The monoisotopic (exact) mass is 330 g/mol. The van der Waals surface area contributed by atoms with Gasteiger partial charge in [-0.1, -0.05) is 0 Å². The molecule has 9 heteroatoms. The molecule has 22 heavy (non-hydrogen) atoms. The molecule has 0 N–H and O–H groups in total. The molecule has 0 bridgehead atoms. The number of hydrogen-bond acceptors (Lipinski definition) is 7. The minimum atomic E-state index is -0.874. The van der Waals surface area contributed by atoms with E-state index in [9.17, 15) is 19.2 Å². The highest BCUT2D eigenvalue weighted by atomic mass is 32.2. The van der Waals surface area contributed by atoms with E-state index in [-0.39, 0.29) is 18.7 Å². The number of imide groups is 1. The SMILES string of the molecule is CC(C)(C)OC(=O)N1CSC[C@@H]1C(=O)ON1C(=O)CCC1=O. The number of ether oxygens (including phenoxy) is 1. The van der Waals surface area contributed by atoms with E-state index < -0.39 is 35.5 Å². The molecule has 2 fully saturated rings. The molecule has 0 aromatic rings. The number of carbonyl (C=O) groups excluding carboxylic acids is 4. The van der Waals surface area contributed by atoms with Crippen molar-refractivity contribution in [2.24, 2.45) is 0 Å². The van der Waals surface area contributed by atoms with Crippen molar-refractivity contribution < 1.29 is 28.8 Å². The normalized spacial score (nSPS) is 22.2. The molecule has 2 rings (SSSR count). The second-order valence-electron chi connectivity index (χ2n) is 5.96. The summed E-state index contributed by atoms with van der Waals surface area (Å²) >= 11 is 1.37. The summed E-state index contributed by atoms with van der Waals surface area (Å²) in [4.78, 5) is 53.2. The van der Waals surface area contributed by atoms with Crippen LogP contribution in [0, 0.1) is 0 Å². The Hall–Kier alpha value is -1.77. The number of rotatable bonds is 2. The zero-order valence-corrected chi connectivity index (χ0v) is 13.5. The molecule has 0 aliphatic carbocycles. The van der Waals surface area contributed by atoms with Crippen molar-refractivity contribution in [1.82, 2.24) is 9.96 Å². The number of nitrogens with zero attached hydrogens (tertiary/aromatic N) is 2. The third-order valence-electron chi connectivity index (χ3n) is 2.97. The first-order chi connectivity index (χ1) is 10.2. The maximum atomic E-state index is 12.1. The number of hydroxylamine groups is 2. The molecule has 1 atom stereocenters. The molecule has 0 aromatic heterocycles. The molecule has 2 heterocycles. The molecule has 0 radical (unpaired) electrons. The average Bonchev–Trinajstić information content (AvgIpc) is 2.98. The standard InChI is InChI=1S/C13H18N2O6S/c1-13(2,3)20-12(19)14-7-22-6-8(14)11(18)21-15-9(16)4-5-10(15)17/h8H,4-7H2,1-3H3/t8-/m1/s1. The van der Waals surface area contributed by atoms with Gasteiger partial charge in [-0.3, -0.25) is 14.5 Å². The van der Waals surface area contributed by atoms with Crippen molar-refractivity contribution in [2.75, 3.05) is 11.6 Å². The lowest BCUT2D eigenvalue weighted by molar-refractivity contribution is -0.200. The van der Waals surface area contributed by atoms with E-state index >= 15 is 0 Å². The van der Waals surface area contributed by atoms with E-state index in [1.165, 1.54) is 16.7 Å². The predicted octanol–water partition coefficient (Wildman–Crippen LogP) is 0.904. The third-order valence-corrected chi connectivity index (χ3v) is 3.98. The van der Waals surface area contributed by atoms with Crippen LogP contribution in [0.4, 0.5) is 4.79 Å². The Bertz CT molecular complexity index is 499. The summed E-state index contributed by atoms with van der Waals surface area (Å²) < 4.78 is 5.23. The van der Waals surface area contributed by atoms with E-state index in [4.69, 9.17) is 9.57 Å². The van der Waals surface area contributed by atoms with E-state index in [1.807, 2.05) is 0 Å². The minimum absolute atomic E-state index is 0.0291. The predicted molar refractivity (Wildman–Crippen MR) is 76.4 cm³/mol. The Morgan fingerprint density at radius 3 is 2.32 bits per heavy atom. The summed E-state index contributed by atoms with van der Waals surface area (Å²) in [7, 11) is 0. The summed E-state index contributed by atoms with van der Waals surface area (Å²) in [5, 5.41) is 0.485. The van der Waals surface area contributed by atoms with Gasteiger partial charge in [-0.2, -0.15) is 0 Å². The highest BCUT2D eigenvalue weighted by Gasteiger charge is 2.41. The van der Waals surface area contributed by atoms with Crippen LogP contribution >= 0.6 is 11.8 Å². The molecule has 122 valence electrons. The fourth-order valence-electron chi connectivity index (χ4n) is 1.95. The van der Waals surface area contributed by atoms with Crippen LogP contribution in [0.3, 0.4) is 0 Å². The Kier molecular flexibility index (Phi) is 4.64. The molecule has 0 aromatic carbocycles. The van der Waals surface area contributed by atoms with E-state index in [0.29, 0.717) is 10.8 Å². The Balaban J connectivity index is 2.00. The minimum Gasteiger partial charge on any atom is -0.444 e. The summed E-state index contributed by atoms with van der Waals surface area (Å²) in [5.41, 5.74) is -0.681. The molecule has 0 spiro atoms. The highest BCUT2D eigenvalue weighted by Crippen LogP contribution is 2.25. The topological polar surface area (TPSA) is 93.2 Å². The van der Waals surface area contributed by atoms with Crippen molar-refractivity contribution in [3.05, 3.63) is 0 Å². The number of carbonyl (C=O) groups is 4. The van der Waals surface area contributed by atoms with Crippen molar-refractivity contribution in [1.29, 1.82) is 0 Å². The lowest BCUT2D eigenvalue weighted by atomic mass is 10.2. The molecule has 2 saturated heterocycles. The second kappa shape index (κ2) is 6.15. The Morgan fingerprint density at radius 2 is 1.77 bits per heavy atom. The summed E-state index contributed by atoms with van der Waals surface area (Å²) in [6, 6.07) is -0.874. The fraction of sp³-hybridized carbons (Fsp3) is 0.692. The third kappa shape index (κ3) is 3.70. The zero-order chi connectivity index (χ0) is 16.5. The van der Waals surface area contributed by atoms with E-state index in [0.717, 1.165) is 0 Å². The largest absolute Gasteiger partial charge is 0.444 e. The van der Waals surface area contributed by atoms with Crippen molar-refractivity contribution in [3.8, 4) is 0 Å². The van der Waals surface area contributed by atoms with Gasteiger partial charge in [0.25, 0.3) is 11.8 Å². The Morgan fingerprint density at radius 1 is 1.18 bits per heavy atom. The van der Waals surface area contributed by atoms with Crippen LogP contribution in [0.5, 0.6) is 0 Å². The van der Waals surface area contributed by atoms with Gasteiger partial charge in [0, 0.05) is 18.6 Å². The van der Waals surface area contributed by atoms with Gasteiger partial charge in [-0.15, -0.1) is 16.8 Å². The summed E-state index contributed by atoms with van der Waals surface area (Å²) in [6.45, 7) is 5.18. The van der Waals surface area contributed by atoms with Crippen LogP contribution in [0.1, 0.15) is 33.6 Å². The molecule has 3 amide bonds. The van der Waals surface area contributed by atoms with E-state index in [1.54, 1.807) is 20.8 Å². The van der Waals surface area contributed by atoms with Crippen molar-refractivity contribution in [3.63, 3.8) is 0 Å². The van der Waals surface area contributed by atoms with Crippen LogP contribution in [0.2, 0.25) is 0 Å². The van der Waals surface area contributed by atoms with Crippen LogP contribution in [0.15, 0.2) is 0 Å². The van der Waals surface area contributed by atoms with Gasteiger partial charge in [0.15, 0.2) is 0 Å². The smallest absolute Gasteiger partial charge is 0.411 e. The van der Waals surface area contributed by atoms with Crippen molar-refractivity contribution >= 4 is 35.6 Å². The average molecular weight is 330 g/mol. The quantitative estimate of drug-likeness (QED) is 0.694. The maximum Gasteiger partial charge on any atom is 0.411 e.